The molecule has 0 aliphatic carbocycles. The second-order valence-electron chi connectivity index (χ2n) is 6.64. The van der Waals surface area contributed by atoms with Crippen LogP contribution >= 0.6 is 11.3 Å². The Balaban J connectivity index is 1.63. The third-order valence-electron chi connectivity index (χ3n) is 4.76. The van der Waals surface area contributed by atoms with Gasteiger partial charge in [-0.3, -0.25) is 4.79 Å². The fourth-order valence-corrected chi connectivity index (χ4v) is 4.11. The van der Waals surface area contributed by atoms with Gasteiger partial charge in [-0.05, 0) is 36.5 Å². The molecule has 5 nitrogen and oxygen atoms in total. The van der Waals surface area contributed by atoms with Crippen LogP contribution in [0.3, 0.4) is 0 Å². The minimum absolute atomic E-state index is 0.0920. The van der Waals surface area contributed by atoms with E-state index >= 15 is 0 Å². The van der Waals surface area contributed by atoms with Crippen LogP contribution in [0.15, 0.2) is 54.0 Å². The van der Waals surface area contributed by atoms with E-state index < -0.39 is 0 Å². The third kappa shape index (κ3) is 3.43. The molecule has 3 heterocycles. The van der Waals surface area contributed by atoms with Crippen LogP contribution in [0.5, 0.6) is 0 Å². The number of rotatable bonds is 5. The number of amides is 1. The predicted octanol–water partition coefficient (Wildman–Crippen LogP) is 3.17. The van der Waals surface area contributed by atoms with Gasteiger partial charge in [-0.1, -0.05) is 24.3 Å². The minimum Gasteiger partial charge on any atom is -0.341 e. The number of aromatic nitrogens is 2. The monoisotopic (exact) mass is 366 g/mol. The Labute approximate surface area is 157 Å². The summed E-state index contributed by atoms with van der Waals surface area (Å²) in [6, 6.07) is 14.2. The highest BCUT2D eigenvalue weighted by molar-refractivity contribution is 7.13. The van der Waals surface area contributed by atoms with Crippen molar-refractivity contribution in [2.45, 2.75) is 13.0 Å². The van der Waals surface area contributed by atoms with E-state index in [1.165, 1.54) is 0 Å². The van der Waals surface area contributed by atoms with Crippen LogP contribution in [-0.2, 0) is 11.3 Å². The summed E-state index contributed by atoms with van der Waals surface area (Å²) in [6.07, 6.45) is 2.96. The van der Waals surface area contributed by atoms with Gasteiger partial charge in [0.25, 0.3) is 0 Å². The van der Waals surface area contributed by atoms with E-state index in [-0.39, 0.29) is 11.8 Å². The van der Waals surface area contributed by atoms with Gasteiger partial charge in [0.05, 0.1) is 16.5 Å². The molecule has 4 rings (SSSR count). The lowest BCUT2D eigenvalue weighted by atomic mass is 10.1. The van der Waals surface area contributed by atoms with Crippen molar-refractivity contribution in [3.05, 3.63) is 59.6 Å². The number of hydrogen-bond acceptors (Lipinski definition) is 4. The van der Waals surface area contributed by atoms with Crippen LogP contribution in [0, 0.1) is 5.92 Å². The molecule has 1 aliphatic heterocycles. The van der Waals surface area contributed by atoms with Crippen molar-refractivity contribution in [3.63, 3.8) is 0 Å². The molecule has 1 aliphatic rings. The first-order valence-corrected chi connectivity index (χ1v) is 9.74. The third-order valence-corrected chi connectivity index (χ3v) is 5.64. The number of benzene rings is 1. The molecule has 1 saturated heterocycles. The molecule has 1 unspecified atom stereocenters. The first-order valence-electron chi connectivity index (χ1n) is 8.86. The summed E-state index contributed by atoms with van der Waals surface area (Å²) in [7, 11) is 1.89. The summed E-state index contributed by atoms with van der Waals surface area (Å²) in [4.78, 5) is 15.6. The Kier molecular flexibility index (Phi) is 4.86. The van der Waals surface area contributed by atoms with E-state index in [4.69, 9.17) is 5.10 Å². The first-order chi connectivity index (χ1) is 12.7. The molecule has 3 aromatic rings. The van der Waals surface area contributed by atoms with Crippen LogP contribution in [0.2, 0.25) is 0 Å². The summed E-state index contributed by atoms with van der Waals surface area (Å²) >= 11 is 1.67. The lowest BCUT2D eigenvalue weighted by Crippen LogP contribution is -2.33. The lowest BCUT2D eigenvalue weighted by Gasteiger charge is -2.20. The molecule has 1 aromatic carbocycles. The number of hydrogen-bond donors (Lipinski definition) is 1. The number of nitrogens with one attached hydrogen (secondary N) is 1. The number of nitrogens with zero attached hydrogens (tertiary/aromatic N) is 3. The first kappa shape index (κ1) is 17.0. The van der Waals surface area contributed by atoms with Crippen molar-refractivity contribution in [3.8, 4) is 16.3 Å². The van der Waals surface area contributed by atoms with Gasteiger partial charge in [0.15, 0.2) is 0 Å². The molecule has 6 heteroatoms. The number of carbonyl (C=O) groups is 1. The molecule has 0 bridgehead atoms. The smallest absolute Gasteiger partial charge is 0.227 e. The van der Waals surface area contributed by atoms with Gasteiger partial charge < -0.3 is 10.2 Å². The summed E-state index contributed by atoms with van der Waals surface area (Å²) in [5.74, 6) is 0.300. The maximum Gasteiger partial charge on any atom is 0.227 e. The van der Waals surface area contributed by atoms with Crippen LogP contribution in [-0.4, -0.2) is 40.7 Å². The summed E-state index contributed by atoms with van der Waals surface area (Å²) in [6.45, 7) is 2.27. The second-order valence-corrected chi connectivity index (χ2v) is 7.59. The molecule has 1 atom stereocenters. The second kappa shape index (κ2) is 7.43. The Morgan fingerprint density at radius 3 is 2.85 bits per heavy atom. The molecule has 0 spiro atoms. The molecule has 134 valence electrons. The highest BCUT2D eigenvalue weighted by atomic mass is 32.1. The van der Waals surface area contributed by atoms with Crippen molar-refractivity contribution in [1.29, 1.82) is 0 Å². The van der Waals surface area contributed by atoms with Gasteiger partial charge >= 0.3 is 0 Å². The molecule has 1 fully saturated rings. The van der Waals surface area contributed by atoms with Crippen molar-refractivity contribution >= 4 is 17.2 Å². The normalized spacial score (nSPS) is 16.7. The van der Waals surface area contributed by atoms with E-state index in [2.05, 4.69) is 16.8 Å². The molecular formula is C20H22N4OS. The Hall–Kier alpha value is -2.44. The lowest BCUT2D eigenvalue weighted by molar-refractivity contribution is -0.134. The van der Waals surface area contributed by atoms with Crippen molar-refractivity contribution < 1.29 is 4.79 Å². The van der Waals surface area contributed by atoms with Crippen LogP contribution in [0.4, 0.5) is 0 Å². The van der Waals surface area contributed by atoms with Gasteiger partial charge in [0.1, 0.15) is 5.69 Å². The Bertz CT molecular complexity index is 867. The maximum atomic E-state index is 12.7. The van der Waals surface area contributed by atoms with Gasteiger partial charge in [-0.25, -0.2) is 4.68 Å². The molecule has 1 N–H and O–H groups in total. The molecular weight excluding hydrogens is 344 g/mol. The van der Waals surface area contributed by atoms with Crippen molar-refractivity contribution in [2.75, 3.05) is 20.1 Å². The topological polar surface area (TPSA) is 50.2 Å². The van der Waals surface area contributed by atoms with E-state index in [0.717, 1.165) is 41.3 Å². The average Bonchev–Trinajstić information content (AvgIpc) is 3.42. The van der Waals surface area contributed by atoms with E-state index in [0.29, 0.717) is 6.54 Å². The quantitative estimate of drug-likeness (QED) is 0.755. The Morgan fingerprint density at radius 1 is 1.31 bits per heavy atom. The highest BCUT2D eigenvalue weighted by Crippen LogP contribution is 2.29. The van der Waals surface area contributed by atoms with Gasteiger partial charge in [0, 0.05) is 31.9 Å². The molecule has 2 aromatic heterocycles. The minimum atomic E-state index is 0.0920. The average molecular weight is 366 g/mol. The van der Waals surface area contributed by atoms with Crippen LogP contribution in [0.1, 0.15) is 12.0 Å². The van der Waals surface area contributed by atoms with Crippen LogP contribution < -0.4 is 5.32 Å². The number of para-hydroxylation sites is 1. The van der Waals surface area contributed by atoms with Crippen LogP contribution in [0.25, 0.3) is 16.3 Å². The molecule has 0 radical (unpaired) electrons. The fourth-order valence-electron chi connectivity index (χ4n) is 3.37. The fraction of sp³-hybridized carbons (Fsp3) is 0.300. The number of thiophene rings is 1. The van der Waals surface area contributed by atoms with Gasteiger partial charge in [-0.15, -0.1) is 11.3 Å². The largest absolute Gasteiger partial charge is 0.341 e. The Morgan fingerprint density at radius 2 is 2.15 bits per heavy atom. The molecule has 26 heavy (non-hydrogen) atoms. The predicted molar refractivity (Wildman–Crippen MR) is 104 cm³/mol. The van der Waals surface area contributed by atoms with Crippen molar-refractivity contribution in [1.82, 2.24) is 20.0 Å². The summed E-state index contributed by atoms with van der Waals surface area (Å²) < 4.78 is 1.90. The highest BCUT2D eigenvalue weighted by Gasteiger charge is 2.26. The number of carbonyl (C=O) groups excluding carboxylic acids is 1. The zero-order valence-corrected chi connectivity index (χ0v) is 15.6. The van der Waals surface area contributed by atoms with Gasteiger partial charge in [0.2, 0.25) is 5.91 Å². The van der Waals surface area contributed by atoms with E-state index in [1.807, 2.05) is 59.2 Å². The zero-order valence-electron chi connectivity index (χ0n) is 14.8. The molecule has 0 saturated carbocycles. The van der Waals surface area contributed by atoms with Gasteiger partial charge in [-0.2, -0.15) is 5.10 Å². The van der Waals surface area contributed by atoms with E-state index in [9.17, 15) is 4.79 Å². The summed E-state index contributed by atoms with van der Waals surface area (Å²) in [5, 5.41) is 10.1. The van der Waals surface area contributed by atoms with E-state index in [1.54, 1.807) is 11.3 Å². The SMILES string of the molecule is CN(Cc1cn(-c2ccccc2)nc1-c1cccs1)C(=O)C1CCNC1. The standard InChI is InChI=1S/C20H22N4OS/c1-23(20(25)15-9-10-21-12-15)13-16-14-24(17-6-3-2-4-7-17)22-19(16)18-8-5-11-26-18/h2-8,11,14-15,21H,9-10,12-13H2,1H3. The van der Waals surface area contributed by atoms with Crippen molar-refractivity contribution in [2.24, 2.45) is 5.92 Å². The zero-order chi connectivity index (χ0) is 17.9. The molecule has 1 amide bonds. The summed E-state index contributed by atoms with van der Waals surface area (Å²) in [5.41, 5.74) is 3.04. The maximum absolute atomic E-state index is 12.7.